The lowest BCUT2D eigenvalue weighted by atomic mass is 10.1. The number of benzene rings is 3. The molecule has 0 unspecified atom stereocenters. The van der Waals surface area contributed by atoms with Gasteiger partial charge in [0.15, 0.2) is 11.5 Å². The van der Waals surface area contributed by atoms with Crippen LogP contribution in [0, 0.1) is 20.8 Å². The molecule has 1 fully saturated rings. The van der Waals surface area contributed by atoms with Crippen LogP contribution < -0.4 is 19.7 Å². The van der Waals surface area contributed by atoms with Gasteiger partial charge in [-0.05, 0) is 80.8 Å². The normalized spacial score (nSPS) is 14.6. The van der Waals surface area contributed by atoms with Gasteiger partial charge in [0.2, 0.25) is 0 Å². The standard InChI is InChI=1S/C29H26BrClN2O5/c1-5-37-25-14-19(13-24(31)26(25)38-15-20-9-16(2)8-17(3)10-20)12-22-27(34)32-29(36)33(28(22)35)21-6-7-23(30)18(4)11-21/h6-14H,5,15H2,1-4H3,(H,32,34,36)/b22-12-. The van der Waals surface area contributed by atoms with Crippen LogP contribution in [0.25, 0.3) is 6.08 Å². The fourth-order valence-corrected chi connectivity index (χ4v) is 4.73. The van der Waals surface area contributed by atoms with E-state index in [0.717, 1.165) is 31.6 Å². The first kappa shape index (κ1) is 27.4. The number of rotatable bonds is 7. The van der Waals surface area contributed by atoms with E-state index in [9.17, 15) is 14.4 Å². The molecule has 1 heterocycles. The number of aryl methyl sites for hydroxylation is 3. The van der Waals surface area contributed by atoms with Crippen molar-refractivity contribution in [1.82, 2.24) is 5.32 Å². The highest BCUT2D eigenvalue weighted by Crippen LogP contribution is 2.38. The van der Waals surface area contributed by atoms with Crippen molar-refractivity contribution in [1.29, 1.82) is 0 Å². The van der Waals surface area contributed by atoms with Crippen molar-refractivity contribution in [3.63, 3.8) is 0 Å². The number of carbonyl (C=O) groups excluding carboxylic acids is 3. The molecular weight excluding hydrogens is 572 g/mol. The van der Waals surface area contributed by atoms with Gasteiger partial charge in [-0.15, -0.1) is 0 Å². The third kappa shape index (κ3) is 5.92. The van der Waals surface area contributed by atoms with Crippen molar-refractivity contribution in [2.45, 2.75) is 34.3 Å². The Morgan fingerprint density at radius 2 is 1.68 bits per heavy atom. The Kier molecular flexibility index (Phi) is 8.23. The average Bonchev–Trinajstić information content (AvgIpc) is 2.83. The number of hydrogen-bond donors (Lipinski definition) is 1. The highest BCUT2D eigenvalue weighted by Gasteiger charge is 2.37. The maximum absolute atomic E-state index is 13.3. The predicted octanol–water partition coefficient (Wildman–Crippen LogP) is 6.67. The molecule has 3 aromatic rings. The second-order valence-electron chi connectivity index (χ2n) is 8.94. The van der Waals surface area contributed by atoms with Gasteiger partial charge in [-0.1, -0.05) is 56.9 Å². The first-order valence-corrected chi connectivity index (χ1v) is 13.1. The van der Waals surface area contributed by atoms with Crippen LogP contribution >= 0.6 is 27.5 Å². The van der Waals surface area contributed by atoms with E-state index in [1.165, 1.54) is 6.08 Å². The Balaban J connectivity index is 1.67. The average molecular weight is 598 g/mol. The van der Waals surface area contributed by atoms with Gasteiger partial charge in [0, 0.05) is 4.47 Å². The van der Waals surface area contributed by atoms with E-state index in [0.29, 0.717) is 29.4 Å². The highest BCUT2D eigenvalue weighted by molar-refractivity contribution is 9.10. The van der Waals surface area contributed by atoms with Crippen molar-refractivity contribution in [2.75, 3.05) is 11.5 Å². The maximum Gasteiger partial charge on any atom is 0.335 e. The van der Waals surface area contributed by atoms with Crippen LogP contribution in [0.3, 0.4) is 0 Å². The van der Waals surface area contributed by atoms with E-state index in [4.69, 9.17) is 21.1 Å². The smallest absolute Gasteiger partial charge is 0.335 e. The number of nitrogens with zero attached hydrogens (tertiary/aromatic N) is 1. The lowest BCUT2D eigenvalue weighted by molar-refractivity contribution is -0.122. The topological polar surface area (TPSA) is 84.9 Å². The van der Waals surface area contributed by atoms with E-state index < -0.39 is 17.8 Å². The molecule has 196 valence electrons. The molecule has 0 aliphatic carbocycles. The van der Waals surface area contributed by atoms with Crippen LogP contribution in [0.2, 0.25) is 5.02 Å². The molecule has 1 saturated heterocycles. The maximum atomic E-state index is 13.3. The number of hydrogen-bond acceptors (Lipinski definition) is 5. The number of nitrogens with one attached hydrogen (secondary N) is 1. The van der Waals surface area contributed by atoms with Crippen molar-refractivity contribution in [2.24, 2.45) is 0 Å². The SMILES string of the molecule is CCOc1cc(/C=C2/C(=O)NC(=O)N(c3ccc(Br)c(C)c3)C2=O)cc(Cl)c1OCc1cc(C)cc(C)c1. The van der Waals surface area contributed by atoms with Gasteiger partial charge < -0.3 is 9.47 Å². The monoisotopic (exact) mass is 596 g/mol. The molecule has 4 amide bonds. The molecule has 3 aromatic carbocycles. The summed E-state index contributed by atoms with van der Waals surface area (Å²) >= 11 is 9.99. The Bertz CT molecular complexity index is 1460. The molecule has 38 heavy (non-hydrogen) atoms. The van der Waals surface area contributed by atoms with E-state index in [1.54, 1.807) is 30.3 Å². The Labute approximate surface area is 234 Å². The van der Waals surface area contributed by atoms with Gasteiger partial charge in [-0.25, -0.2) is 9.69 Å². The summed E-state index contributed by atoms with van der Waals surface area (Å²) < 4.78 is 12.6. The zero-order valence-corrected chi connectivity index (χ0v) is 23.7. The fraction of sp³-hybridized carbons (Fsp3) is 0.207. The van der Waals surface area contributed by atoms with Gasteiger partial charge in [-0.2, -0.15) is 0 Å². The zero-order valence-electron chi connectivity index (χ0n) is 21.4. The molecule has 0 radical (unpaired) electrons. The van der Waals surface area contributed by atoms with Crippen LogP contribution in [-0.4, -0.2) is 24.5 Å². The molecule has 0 saturated carbocycles. The number of carbonyl (C=O) groups is 3. The van der Waals surface area contributed by atoms with Crippen LogP contribution in [0.1, 0.15) is 34.7 Å². The molecule has 9 heteroatoms. The molecule has 0 aromatic heterocycles. The molecule has 1 aliphatic rings. The number of ether oxygens (including phenoxy) is 2. The lowest BCUT2D eigenvalue weighted by Crippen LogP contribution is -2.54. The highest BCUT2D eigenvalue weighted by atomic mass is 79.9. The molecule has 0 spiro atoms. The van der Waals surface area contributed by atoms with Gasteiger partial charge in [0.1, 0.15) is 12.2 Å². The van der Waals surface area contributed by atoms with Crippen LogP contribution in [-0.2, 0) is 16.2 Å². The van der Waals surface area contributed by atoms with E-state index >= 15 is 0 Å². The van der Waals surface area contributed by atoms with Crippen molar-refractivity contribution < 1.29 is 23.9 Å². The fourth-order valence-electron chi connectivity index (χ4n) is 4.21. The largest absolute Gasteiger partial charge is 0.490 e. The number of anilines is 1. The van der Waals surface area contributed by atoms with Crippen LogP contribution in [0.4, 0.5) is 10.5 Å². The second kappa shape index (κ2) is 11.4. The molecule has 4 rings (SSSR count). The lowest BCUT2D eigenvalue weighted by Gasteiger charge is -2.26. The Morgan fingerprint density at radius 1 is 0.974 bits per heavy atom. The number of amides is 4. The molecule has 1 N–H and O–H groups in total. The number of barbiturate groups is 1. The predicted molar refractivity (Wildman–Crippen MR) is 151 cm³/mol. The summed E-state index contributed by atoms with van der Waals surface area (Å²) in [4.78, 5) is 39.4. The van der Waals surface area contributed by atoms with Crippen molar-refractivity contribution >= 4 is 57.1 Å². The molecule has 7 nitrogen and oxygen atoms in total. The zero-order chi connectivity index (χ0) is 27.6. The van der Waals surface area contributed by atoms with Crippen LogP contribution in [0.15, 0.2) is 58.6 Å². The minimum Gasteiger partial charge on any atom is -0.490 e. The van der Waals surface area contributed by atoms with Crippen molar-refractivity contribution in [3.8, 4) is 11.5 Å². The summed E-state index contributed by atoms with van der Waals surface area (Å²) in [6.07, 6.45) is 1.38. The minimum atomic E-state index is -0.818. The molecule has 1 aliphatic heterocycles. The first-order valence-electron chi connectivity index (χ1n) is 11.9. The summed E-state index contributed by atoms with van der Waals surface area (Å²) in [5, 5.41) is 2.49. The molecule has 0 atom stereocenters. The van der Waals surface area contributed by atoms with Gasteiger partial charge in [0.25, 0.3) is 11.8 Å². The van der Waals surface area contributed by atoms with Crippen LogP contribution in [0.5, 0.6) is 11.5 Å². The minimum absolute atomic E-state index is 0.215. The number of halogens is 2. The van der Waals surface area contributed by atoms with E-state index in [-0.39, 0.29) is 17.2 Å². The van der Waals surface area contributed by atoms with Crippen molar-refractivity contribution in [3.05, 3.63) is 91.4 Å². The van der Waals surface area contributed by atoms with Gasteiger partial charge in [0.05, 0.1) is 17.3 Å². The quantitative estimate of drug-likeness (QED) is 0.243. The van der Waals surface area contributed by atoms with Gasteiger partial charge >= 0.3 is 6.03 Å². The second-order valence-corrected chi connectivity index (χ2v) is 10.2. The number of imide groups is 2. The van der Waals surface area contributed by atoms with E-state index in [2.05, 4.69) is 27.3 Å². The summed E-state index contributed by atoms with van der Waals surface area (Å²) in [7, 11) is 0. The van der Waals surface area contributed by atoms with E-state index in [1.807, 2.05) is 39.8 Å². The third-order valence-corrected chi connectivity index (χ3v) is 6.98. The number of urea groups is 1. The first-order chi connectivity index (χ1) is 18.1. The summed E-state index contributed by atoms with van der Waals surface area (Å²) in [6, 6.07) is 13.6. The third-order valence-electron chi connectivity index (χ3n) is 5.81. The molecule has 0 bridgehead atoms. The summed E-state index contributed by atoms with van der Waals surface area (Å²) in [6.45, 7) is 8.34. The Hall–Kier alpha value is -3.62. The molecular formula is C29H26BrClN2O5. The Morgan fingerprint density at radius 3 is 2.34 bits per heavy atom. The summed E-state index contributed by atoms with van der Waals surface area (Å²) in [5.41, 5.74) is 4.64. The van der Waals surface area contributed by atoms with Gasteiger partial charge in [-0.3, -0.25) is 14.9 Å². The summed E-state index contributed by atoms with van der Waals surface area (Å²) in [5.74, 6) is -0.813.